The summed E-state index contributed by atoms with van der Waals surface area (Å²) in [5.74, 6) is 0. The highest BCUT2D eigenvalue weighted by molar-refractivity contribution is 5.20. The molecular weight excluding hydrogens is 120 g/mol. The van der Waals surface area contributed by atoms with E-state index in [9.17, 15) is 0 Å². The Morgan fingerprint density at radius 2 is 2.67 bits per heavy atom. The van der Waals surface area contributed by atoms with Crippen LogP contribution in [0.1, 0.15) is 0 Å². The van der Waals surface area contributed by atoms with Crippen molar-refractivity contribution in [3.8, 4) is 0 Å². The van der Waals surface area contributed by atoms with Gasteiger partial charge in [0, 0.05) is 0 Å². The van der Waals surface area contributed by atoms with Crippen molar-refractivity contribution >= 4 is 5.65 Å². The number of aryl methyl sites for hydroxylation is 1. The summed E-state index contributed by atoms with van der Waals surface area (Å²) in [5, 5.41) is 7.44. The molecule has 0 aliphatic carbocycles. The van der Waals surface area contributed by atoms with Crippen LogP contribution < -0.4 is 4.52 Å². The molecule has 2 rings (SSSR count). The van der Waals surface area contributed by atoms with E-state index in [-0.39, 0.29) is 0 Å². The average Bonchev–Trinajstić information content (AvgIpc) is 2.35. The van der Waals surface area contributed by atoms with E-state index in [0.29, 0.717) is 0 Å². The second-order valence-electron chi connectivity index (χ2n) is 1.76. The second-order valence-corrected chi connectivity index (χ2v) is 1.76. The van der Waals surface area contributed by atoms with Crippen LogP contribution in [-0.2, 0) is 7.05 Å². The average molecular weight is 125 g/mol. The van der Waals surface area contributed by atoms with Crippen LogP contribution in [0.4, 0.5) is 0 Å². The Bertz CT molecular complexity index is 322. The van der Waals surface area contributed by atoms with E-state index in [1.807, 2.05) is 0 Å². The van der Waals surface area contributed by atoms with Crippen LogP contribution in [0.15, 0.2) is 17.1 Å². The van der Waals surface area contributed by atoms with Crippen LogP contribution in [0.25, 0.3) is 5.65 Å². The van der Waals surface area contributed by atoms with Gasteiger partial charge in [0.15, 0.2) is 11.5 Å². The highest BCUT2D eigenvalue weighted by Gasteiger charge is 2.08. The Hall–Kier alpha value is -1.39. The summed E-state index contributed by atoms with van der Waals surface area (Å²) in [5.41, 5.74) is 0.843. The van der Waals surface area contributed by atoms with Crippen molar-refractivity contribution in [2.24, 2.45) is 7.05 Å². The predicted molar refractivity (Wildman–Crippen MR) is 26.4 cm³/mol. The van der Waals surface area contributed by atoms with Crippen molar-refractivity contribution in [3.63, 3.8) is 0 Å². The lowest BCUT2D eigenvalue weighted by Gasteiger charge is -1.66. The first-order chi connectivity index (χ1) is 4.38. The summed E-state index contributed by atoms with van der Waals surface area (Å²) >= 11 is 0. The van der Waals surface area contributed by atoms with Gasteiger partial charge >= 0.3 is 5.65 Å². The smallest absolute Gasteiger partial charge is 0.324 e. The molecule has 0 aliphatic rings. The molecule has 2 heterocycles. The van der Waals surface area contributed by atoms with Gasteiger partial charge in [-0.3, -0.25) is 0 Å². The molecule has 2 aromatic rings. The van der Waals surface area contributed by atoms with Crippen molar-refractivity contribution in [3.05, 3.63) is 12.7 Å². The number of aromatic nitrogens is 4. The van der Waals surface area contributed by atoms with E-state index in [1.54, 1.807) is 22.5 Å². The summed E-state index contributed by atoms with van der Waals surface area (Å²) < 4.78 is 8.01. The fraction of sp³-hybridized carbons (Fsp3) is 0.250. The van der Waals surface area contributed by atoms with Gasteiger partial charge in [-0.1, -0.05) is 9.20 Å². The molecule has 0 radical (unpaired) electrons. The number of rotatable bonds is 0. The van der Waals surface area contributed by atoms with E-state index >= 15 is 0 Å². The Balaban J connectivity index is 2.99. The zero-order valence-electron chi connectivity index (χ0n) is 4.85. The van der Waals surface area contributed by atoms with Gasteiger partial charge < -0.3 is 4.42 Å². The number of hydrogen-bond donors (Lipinski definition) is 0. The van der Waals surface area contributed by atoms with Crippen molar-refractivity contribution in [2.45, 2.75) is 0 Å². The topological polar surface area (TPSA) is 48.0 Å². The fourth-order valence-corrected chi connectivity index (χ4v) is 0.697. The van der Waals surface area contributed by atoms with Gasteiger partial charge in [0.1, 0.15) is 5.21 Å². The maximum atomic E-state index is 4.83. The summed E-state index contributed by atoms with van der Waals surface area (Å²) in [6, 6.07) is 0. The minimum atomic E-state index is 0.843. The van der Waals surface area contributed by atoms with E-state index < -0.39 is 0 Å². The lowest BCUT2D eigenvalue weighted by atomic mass is 10.8. The Morgan fingerprint density at radius 3 is 3.44 bits per heavy atom. The summed E-state index contributed by atoms with van der Waals surface area (Å²) in [6.45, 7) is 0. The zero-order valence-corrected chi connectivity index (χ0v) is 4.85. The molecule has 0 fully saturated rings. The third kappa shape index (κ3) is 0.453. The standard InChI is InChI=1S/C4H5N4O/c1-7-4-2-9-3-8(4)6-5-7/h2-3H,1H3/q+1. The normalized spacial score (nSPS) is 10.8. The second kappa shape index (κ2) is 1.31. The first-order valence-electron chi connectivity index (χ1n) is 2.51. The molecule has 5 heteroatoms. The Kier molecular flexibility index (Phi) is 0.652. The third-order valence-electron chi connectivity index (χ3n) is 1.17. The van der Waals surface area contributed by atoms with Gasteiger partial charge in [0.25, 0.3) is 0 Å². The van der Waals surface area contributed by atoms with Crippen molar-refractivity contribution in [1.29, 1.82) is 0 Å². The van der Waals surface area contributed by atoms with Crippen molar-refractivity contribution < 1.29 is 8.93 Å². The monoisotopic (exact) mass is 125 g/mol. The van der Waals surface area contributed by atoms with Gasteiger partial charge in [-0.2, -0.15) is 0 Å². The number of fused-ring (bicyclic) bond motifs is 1. The lowest BCUT2D eigenvalue weighted by Crippen LogP contribution is -2.18. The highest BCUT2D eigenvalue weighted by atomic mass is 16.3. The van der Waals surface area contributed by atoms with Crippen LogP contribution in [-0.4, -0.2) is 15.1 Å². The molecular formula is C4H5N4O+. The quantitative estimate of drug-likeness (QED) is 0.431. The number of oxazole rings is 1. The largest absolute Gasteiger partial charge is 0.433 e. The summed E-state index contributed by atoms with van der Waals surface area (Å²) in [4.78, 5) is 0. The molecule has 46 valence electrons. The fourth-order valence-electron chi connectivity index (χ4n) is 0.697. The SMILES string of the molecule is Cn1nn[n+]2cocc12. The maximum absolute atomic E-state index is 4.83. The van der Waals surface area contributed by atoms with Crippen molar-refractivity contribution in [1.82, 2.24) is 15.1 Å². The minimum Gasteiger partial charge on any atom is -0.433 e. The molecule has 0 amide bonds. The summed E-state index contributed by atoms with van der Waals surface area (Å²) in [7, 11) is 1.80. The van der Waals surface area contributed by atoms with E-state index in [4.69, 9.17) is 4.42 Å². The molecule has 0 saturated heterocycles. The number of hydrogen-bond acceptors (Lipinski definition) is 3. The minimum absolute atomic E-state index is 0.843. The number of nitrogens with zero attached hydrogens (tertiary/aromatic N) is 4. The Labute approximate surface area is 50.5 Å². The van der Waals surface area contributed by atoms with E-state index in [2.05, 4.69) is 10.4 Å². The molecule has 9 heavy (non-hydrogen) atoms. The molecule has 0 aromatic carbocycles. The molecule has 0 saturated carbocycles. The molecule has 0 N–H and O–H groups in total. The van der Waals surface area contributed by atoms with E-state index in [1.165, 1.54) is 6.39 Å². The highest BCUT2D eigenvalue weighted by Crippen LogP contribution is 1.88. The lowest BCUT2D eigenvalue weighted by molar-refractivity contribution is -0.587. The van der Waals surface area contributed by atoms with E-state index in [0.717, 1.165) is 5.65 Å². The zero-order chi connectivity index (χ0) is 6.27. The molecule has 0 aliphatic heterocycles. The first kappa shape index (κ1) is 4.49. The van der Waals surface area contributed by atoms with Gasteiger partial charge in [0.2, 0.25) is 6.39 Å². The summed E-state index contributed by atoms with van der Waals surface area (Å²) in [6.07, 6.45) is 3.07. The first-order valence-corrected chi connectivity index (χ1v) is 2.51. The maximum Gasteiger partial charge on any atom is 0.324 e. The van der Waals surface area contributed by atoms with Gasteiger partial charge in [-0.15, -0.1) is 0 Å². The van der Waals surface area contributed by atoms with Crippen molar-refractivity contribution in [2.75, 3.05) is 0 Å². The predicted octanol–water partition coefficient (Wildman–Crippen LogP) is -0.853. The molecule has 0 atom stereocenters. The van der Waals surface area contributed by atoms with Crippen LogP contribution in [0.2, 0.25) is 0 Å². The molecule has 2 aromatic heterocycles. The molecule has 5 nitrogen and oxygen atoms in total. The van der Waals surface area contributed by atoms with Gasteiger partial charge in [-0.25, -0.2) is 0 Å². The number of tetrazole rings is 1. The molecule has 0 bridgehead atoms. The van der Waals surface area contributed by atoms with Gasteiger partial charge in [-0.05, 0) is 0 Å². The van der Waals surface area contributed by atoms with Gasteiger partial charge in [0.05, 0.1) is 7.05 Å². The Morgan fingerprint density at radius 1 is 1.78 bits per heavy atom. The van der Waals surface area contributed by atoms with Crippen LogP contribution >= 0.6 is 0 Å². The molecule has 0 unspecified atom stereocenters. The van der Waals surface area contributed by atoms with Crippen LogP contribution in [0.5, 0.6) is 0 Å². The third-order valence-corrected chi connectivity index (χ3v) is 1.17. The van der Waals surface area contributed by atoms with Crippen LogP contribution in [0, 0.1) is 0 Å². The molecule has 0 spiro atoms. The van der Waals surface area contributed by atoms with Crippen LogP contribution in [0.3, 0.4) is 0 Å².